The third-order valence-electron chi connectivity index (χ3n) is 4.45. The Hall–Kier alpha value is -1.02. The smallest absolute Gasteiger partial charge is 0.119 e. The maximum absolute atomic E-state index is 6.36. The molecule has 1 fully saturated rings. The van der Waals surface area contributed by atoms with Crippen molar-refractivity contribution in [2.45, 2.75) is 65.0 Å². The van der Waals surface area contributed by atoms with Crippen molar-refractivity contribution in [2.75, 3.05) is 0 Å². The van der Waals surface area contributed by atoms with E-state index in [0.717, 1.165) is 12.2 Å². The fourth-order valence-electron chi connectivity index (χ4n) is 2.85. The second kappa shape index (κ2) is 5.54. The van der Waals surface area contributed by atoms with Crippen molar-refractivity contribution in [3.05, 3.63) is 29.8 Å². The van der Waals surface area contributed by atoms with E-state index in [1.54, 1.807) is 0 Å². The molecular weight excluding hydrogens is 234 g/mol. The van der Waals surface area contributed by atoms with Gasteiger partial charge in [-0.1, -0.05) is 39.8 Å². The molecule has 0 bridgehead atoms. The molecule has 1 aromatic rings. The fourth-order valence-corrected chi connectivity index (χ4v) is 2.85. The highest BCUT2D eigenvalue weighted by atomic mass is 16.5. The van der Waals surface area contributed by atoms with Crippen molar-refractivity contribution in [1.82, 2.24) is 0 Å². The summed E-state index contributed by atoms with van der Waals surface area (Å²) >= 11 is 0. The topological polar surface area (TPSA) is 35.2 Å². The first-order chi connectivity index (χ1) is 8.90. The van der Waals surface area contributed by atoms with E-state index in [-0.39, 0.29) is 17.6 Å². The van der Waals surface area contributed by atoms with Gasteiger partial charge in [0.2, 0.25) is 0 Å². The van der Waals surface area contributed by atoms with Gasteiger partial charge in [0.25, 0.3) is 0 Å². The third kappa shape index (κ3) is 3.30. The van der Waals surface area contributed by atoms with Crippen molar-refractivity contribution < 1.29 is 4.74 Å². The van der Waals surface area contributed by atoms with Crippen LogP contribution in [-0.4, -0.2) is 12.1 Å². The number of benzene rings is 1. The van der Waals surface area contributed by atoms with Crippen LogP contribution in [0.1, 0.15) is 58.4 Å². The lowest BCUT2D eigenvalue weighted by molar-refractivity contribution is 0.0567. The minimum Gasteiger partial charge on any atom is -0.489 e. The average molecular weight is 261 g/mol. The molecule has 2 rings (SSSR count). The van der Waals surface area contributed by atoms with E-state index in [9.17, 15) is 0 Å². The lowest BCUT2D eigenvalue weighted by Gasteiger charge is -2.41. The van der Waals surface area contributed by atoms with Crippen LogP contribution >= 0.6 is 0 Å². The summed E-state index contributed by atoms with van der Waals surface area (Å²) in [5, 5.41) is 0. The lowest BCUT2D eigenvalue weighted by atomic mass is 9.72. The molecule has 2 N–H and O–H groups in total. The average Bonchev–Trinajstić information content (AvgIpc) is 2.35. The molecule has 1 saturated carbocycles. The maximum Gasteiger partial charge on any atom is 0.119 e. The van der Waals surface area contributed by atoms with Crippen molar-refractivity contribution >= 4 is 0 Å². The van der Waals surface area contributed by atoms with E-state index in [4.69, 9.17) is 10.5 Å². The summed E-state index contributed by atoms with van der Waals surface area (Å²) in [5.41, 5.74) is 7.89. The Balaban J connectivity index is 2.04. The first kappa shape index (κ1) is 14.4. The fraction of sp³-hybridized carbons (Fsp3) is 0.647. The Bertz CT molecular complexity index is 408. The van der Waals surface area contributed by atoms with Crippen molar-refractivity contribution in [2.24, 2.45) is 11.1 Å². The van der Waals surface area contributed by atoms with Crippen LogP contribution in [0, 0.1) is 5.41 Å². The number of rotatable bonds is 3. The summed E-state index contributed by atoms with van der Waals surface area (Å²) in [6.07, 6.45) is 3.61. The predicted octanol–water partition coefficient (Wildman–Crippen LogP) is 4.09. The molecule has 1 aliphatic carbocycles. The minimum atomic E-state index is 0.117. The Kier molecular flexibility index (Phi) is 4.19. The van der Waals surface area contributed by atoms with Crippen LogP contribution < -0.4 is 10.5 Å². The Morgan fingerprint density at radius 3 is 2.42 bits per heavy atom. The second-order valence-electron chi connectivity index (χ2n) is 6.79. The van der Waals surface area contributed by atoms with Crippen LogP contribution in [0.15, 0.2) is 24.3 Å². The molecule has 0 saturated heterocycles. The first-order valence-electron chi connectivity index (χ1n) is 7.42. The zero-order chi connectivity index (χ0) is 14.0. The summed E-state index contributed by atoms with van der Waals surface area (Å²) in [4.78, 5) is 0. The molecule has 2 atom stereocenters. The van der Waals surface area contributed by atoms with Gasteiger partial charge in [0, 0.05) is 6.04 Å². The van der Waals surface area contributed by atoms with Gasteiger partial charge in [-0.3, -0.25) is 0 Å². The van der Waals surface area contributed by atoms with Gasteiger partial charge in [-0.05, 0) is 48.3 Å². The van der Waals surface area contributed by atoms with Crippen LogP contribution in [-0.2, 0) is 0 Å². The molecule has 0 aliphatic heterocycles. The Labute approximate surface area is 117 Å². The molecule has 0 amide bonds. The van der Waals surface area contributed by atoms with E-state index >= 15 is 0 Å². The molecule has 2 unspecified atom stereocenters. The van der Waals surface area contributed by atoms with Gasteiger partial charge in [-0.15, -0.1) is 0 Å². The summed E-state index contributed by atoms with van der Waals surface area (Å²) < 4.78 is 6.11. The van der Waals surface area contributed by atoms with E-state index < -0.39 is 0 Å². The molecule has 1 aliphatic rings. The summed E-state index contributed by atoms with van der Waals surface area (Å²) in [5.74, 6) is 1.51. The zero-order valence-corrected chi connectivity index (χ0v) is 12.6. The summed E-state index contributed by atoms with van der Waals surface area (Å²) in [6, 6.07) is 8.57. The van der Waals surface area contributed by atoms with Crippen LogP contribution in [0.3, 0.4) is 0 Å². The standard InChI is InChI=1S/C17H27NO/c1-12(2)13-7-9-14(10-8-13)19-15-6-5-11-17(3,4)16(15)18/h7-10,12,15-16H,5-6,11,18H2,1-4H3. The molecule has 2 heteroatoms. The maximum atomic E-state index is 6.36. The van der Waals surface area contributed by atoms with Crippen molar-refractivity contribution in [1.29, 1.82) is 0 Å². The number of ether oxygens (including phenoxy) is 1. The normalized spacial score (nSPS) is 26.4. The minimum absolute atomic E-state index is 0.117. The van der Waals surface area contributed by atoms with E-state index in [0.29, 0.717) is 5.92 Å². The molecule has 1 aromatic carbocycles. The van der Waals surface area contributed by atoms with Crippen molar-refractivity contribution in [3.8, 4) is 5.75 Å². The predicted molar refractivity (Wildman–Crippen MR) is 80.6 cm³/mol. The van der Waals surface area contributed by atoms with Gasteiger partial charge in [0.1, 0.15) is 11.9 Å². The largest absolute Gasteiger partial charge is 0.489 e. The molecule has 0 aromatic heterocycles. The molecule has 2 nitrogen and oxygen atoms in total. The van der Waals surface area contributed by atoms with Gasteiger partial charge < -0.3 is 10.5 Å². The highest BCUT2D eigenvalue weighted by Crippen LogP contribution is 2.36. The van der Waals surface area contributed by atoms with Crippen LogP contribution in [0.25, 0.3) is 0 Å². The zero-order valence-electron chi connectivity index (χ0n) is 12.6. The molecule has 19 heavy (non-hydrogen) atoms. The quantitative estimate of drug-likeness (QED) is 0.889. The van der Waals surface area contributed by atoms with Crippen LogP contribution in [0.5, 0.6) is 5.75 Å². The van der Waals surface area contributed by atoms with Crippen molar-refractivity contribution in [3.63, 3.8) is 0 Å². The summed E-state index contributed by atoms with van der Waals surface area (Å²) in [7, 11) is 0. The van der Waals surface area contributed by atoms with Crippen LogP contribution in [0.2, 0.25) is 0 Å². The Morgan fingerprint density at radius 2 is 1.84 bits per heavy atom. The molecular formula is C17H27NO. The lowest BCUT2D eigenvalue weighted by Crippen LogP contribution is -2.51. The first-order valence-corrected chi connectivity index (χ1v) is 7.42. The van der Waals surface area contributed by atoms with E-state index in [2.05, 4.69) is 52.0 Å². The third-order valence-corrected chi connectivity index (χ3v) is 4.45. The number of hydrogen-bond donors (Lipinski definition) is 1. The van der Waals surface area contributed by atoms with Gasteiger partial charge in [-0.2, -0.15) is 0 Å². The molecule has 0 spiro atoms. The van der Waals surface area contributed by atoms with E-state index in [1.165, 1.54) is 18.4 Å². The second-order valence-corrected chi connectivity index (χ2v) is 6.79. The molecule has 0 radical (unpaired) electrons. The number of hydrogen-bond acceptors (Lipinski definition) is 2. The van der Waals surface area contributed by atoms with E-state index in [1.807, 2.05) is 0 Å². The van der Waals surface area contributed by atoms with Gasteiger partial charge in [-0.25, -0.2) is 0 Å². The van der Waals surface area contributed by atoms with Crippen LogP contribution in [0.4, 0.5) is 0 Å². The SMILES string of the molecule is CC(C)c1ccc(OC2CCCC(C)(C)C2N)cc1. The van der Waals surface area contributed by atoms with Gasteiger partial charge in [0.05, 0.1) is 0 Å². The summed E-state index contributed by atoms with van der Waals surface area (Å²) in [6.45, 7) is 8.90. The monoisotopic (exact) mass is 261 g/mol. The molecule has 0 heterocycles. The Morgan fingerprint density at radius 1 is 1.21 bits per heavy atom. The molecule has 106 valence electrons. The highest BCUT2D eigenvalue weighted by Gasteiger charge is 2.37. The highest BCUT2D eigenvalue weighted by molar-refractivity contribution is 5.29. The van der Waals surface area contributed by atoms with Gasteiger partial charge >= 0.3 is 0 Å². The number of nitrogens with two attached hydrogens (primary N) is 1. The van der Waals surface area contributed by atoms with Gasteiger partial charge in [0.15, 0.2) is 0 Å².